The van der Waals surface area contributed by atoms with Crippen LogP contribution in [0, 0.1) is 0 Å². The molecule has 0 spiro atoms. The van der Waals surface area contributed by atoms with Crippen molar-refractivity contribution in [3.8, 4) is 11.4 Å². The molecule has 0 bridgehead atoms. The molecule has 7 heteroatoms. The number of carbonyl (C=O) groups is 2. The van der Waals surface area contributed by atoms with Gasteiger partial charge >= 0.3 is 6.03 Å². The topological polar surface area (TPSA) is 102 Å². The molecule has 7 nitrogen and oxygen atoms in total. The Balaban J connectivity index is 2.25. The quantitative estimate of drug-likeness (QED) is 0.737. The summed E-state index contributed by atoms with van der Waals surface area (Å²) in [7, 11) is 1.45. The van der Waals surface area contributed by atoms with E-state index in [0.717, 1.165) is 5.56 Å². The number of nitrogens with one attached hydrogen (secondary N) is 2. The maximum Gasteiger partial charge on any atom is 0.321 e. The van der Waals surface area contributed by atoms with E-state index in [4.69, 9.17) is 5.73 Å². The summed E-state index contributed by atoms with van der Waals surface area (Å²) in [5.74, 6) is 0.221. The number of nitrogens with zero attached hydrogens (tertiary/aromatic N) is 2. The van der Waals surface area contributed by atoms with Crippen LogP contribution in [-0.4, -0.2) is 28.5 Å². The molecular formula is C14H17N5O2. The second-order valence-corrected chi connectivity index (χ2v) is 4.52. The zero-order valence-electron chi connectivity index (χ0n) is 11.8. The minimum Gasteiger partial charge on any atom is -0.399 e. The lowest BCUT2D eigenvalue weighted by atomic mass is 10.2. The number of hydrogen-bond acceptors (Lipinski definition) is 4. The SMILES string of the molecule is CNC(=O)NC(=O)C(C)n1ccnc1-c1ccc(N)cc1. The minimum absolute atomic E-state index is 0.413. The Morgan fingerprint density at radius 3 is 2.57 bits per heavy atom. The van der Waals surface area contributed by atoms with Crippen LogP contribution in [0.3, 0.4) is 0 Å². The number of nitrogen functional groups attached to an aromatic ring is 1. The average molecular weight is 287 g/mol. The molecule has 3 amide bonds. The van der Waals surface area contributed by atoms with Gasteiger partial charge in [-0.1, -0.05) is 0 Å². The molecule has 1 aromatic carbocycles. The van der Waals surface area contributed by atoms with Crippen LogP contribution in [0.15, 0.2) is 36.7 Å². The minimum atomic E-state index is -0.572. The van der Waals surface area contributed by atoms with Gasteiger partial charge in [0, 0.05) is 30.7 Å². The molecule has 1 aromatic heterocycles. The highest BCUT2D eigenvalue weighted by Crippen LogP contribution is 2.22. The van der Waals surface area contributed by atoms with Crippen molar-refractivity contribution in [1.82, 2.24) is 20.2 Å². The summed E-state index contributed by atoms with van der Waals surface area (Å²) in [6.07, 6.45) is 3.30. The summed E-state index contributed by atoms with van der Waals surface area (Å²) in [5, 5.41) is 4.59. The number of aromatic nitrogens is 2. The van der Waals surface area contributed by atoms with Gasteiger partial charge in [0.2, 0.25) is 0 Å². The number of imidazole rings is 1. The number of amides is 3. The lowest BCUT2D eigenvalue weighted by Gasteiger charge is -2.15. The molecule has 2 aromatic rings. The molecule has 4 N–H and O–H groups in total. The normalized spacial score (nSPS) is 11.7. The van der Waals surface area contributed by atoms with E-state index in [2.05, 4.69) is 15.6 Å². The van der Waals surface area contributed by atoms with Gasteiger partial charge in [0.05, 0.1) is 0 Å². The van der Waals surface area contributed by atoms with E-state index < -0.39 is 18.0 Å². The van der Waals surface area contributed by atoms with Crippen molar-refractivity contribution >= 4 is 17.6 Å². The van der Waals surface area contributed by atoms with Crippen molar-refractivity contribution in [3.63, 3.8) is 0 Å². The third-order valence-electron chi connectivity index (χ3n) is 3.10. The van der Waals surface area contributed by atoms with Gasteiger partial charge in [0.15, 0.2) is 0 Å². The van der Waals surface area contributed by atoms with Crippen LogP contribution in [-0.2, 0) is 4.79 Å². The van der Waals surface area contributed by atoms with Gasteiger partial charge in [-0.05, 0) is 31.2 Å². The molecule has 110 valence electrons. The predicted molar refractivity (Wildman–Crippen MR) is 79.4 cm³/mol. The fraction of sp³-hybridized carbons (Fsp3) is 0.214. The molecule has 0 saturated carbocycles. The van der Waals surface area contributed by atoms with Crippen LogP contribution < -0.4 is 16.4 Å². The molecule has 0 radical (unpaired) electrons. The first-order chi connectivity index (χ1) is 10.0. The van der Waals surface area contributed by atoms with E-state index >= 15 is 0 Å². The molecule has 0 fully saturated rings. The number of urea groups is 1. The van der Waals surface area contributed by atoms with E-state index in [1.807, 2.05) is 12.1 Å². The van der Waals surface area contributed by atoms with Crippen LogP contribution in [0.2, 0.25) is 0 Å². The fourth-order valence-corrected chi connectivity index (χ4v) is 1.89. The number of carbonyl (C=O) groups excluding carboxylic acids is 2. The molecule has 1 atom stereocenters. The standard InChI is InChI=1S/C14H17N5O2/c1-9(13(20)18-14(21)16-2)19-8-7-17-12(19)10-3-5-11(15)6-4-10/h3-9H,15H2,1-2H3,(H2,16,18,20,21). The number of rotatable bonds is 3. The molecule has 2 rings (SSSR count). The maximum absolute atomic E-state index is 12.0. The van der Waals surface area contributed by atoms with Crippen molar-refractivity contribution in [2.75, 3.05) is 12.8 Å². The van der Waals surface area contributed by atoms with Gasteiger partial charge in [0.1, 0.15) is 11.9 Å². The van der Waals surface area contributed by atoms with Crippen molar-refractivity contribution in [2.45, 2.75) is 13.0 Å². The van der Waals surface area contributed by atoms with Gasteiger partial charge in [-0.3, -0.25) is 10.1 Å². The van der Waals surface area contributed by atoms with Crippen LogP contribution in [0.4, 0.5) is 10.5 Å². The number of imide groups is 1. The third kappa shape index (κ3) is 3.19. The van der Waals surface area contributed by atoms with E-state index in [0.29, 0.717) is 11.5 Å². The molecule has 0 aliphatic carbocycles. The van der Waals surface area contributed by atoms with Crippen molar-refractivity contribution < 1.29 is 9.59 Å². The van der Waals surface area contributed by atoms with Gasteiger partial charge in [-0.2, -0.15) is 0 Å². The summed E-state index contributed by atoms with van der Waals surface area (Å²) < 4.78 is 1.70. The van der Waals surface area contributed by atoms with Crippen molar-refractivity contribution in [2.24, 2.45) is 0 Å². The van der Waals surface area contributed by atoms with Crippen LogP contribution in [0.25, 0.3) is 11.4 Å². The highest BCUT2D eigenvalue weighted by molar-refractivity contribution is 5.96. The Bertz CT molecular complexity index is 648. The first-order valence-electron chi connectivity index (χ1n) is 6.44. The van der Waals surface area contributed by atoms with E-state index in [1.54, 1.807) is 36.0 Å². The molecule has 0 aliphatic heterocycles. The maximum atomic E-state index is 12.0. The highest BCUT2D eigenvalue weighted by Gasteiger charge is 2.20. The van der Waals surface area contributed by atoms with E-state index in [-0.39, 0.29) is 0 Å². The fourth-order valence-electron chi connectivity index (χ4n) is 1.89. The molecule has 0 saturated heterocycles. The molecular weight excluding hydrogens is 270 g/mol. The average Bonchev–Trinajstić information content (AvgIpc) is 2.96. The van der Waals surface area contributed by atoms with E-state index in [1.165, 1.54) is 7.05 Å². The van der Waals surface area contributed by atoms with Gasteiger partial charge in [-0.15, -0.1) is 0 Å². The highest BCUT2D eigenvalue weighted by atomic mass is 16.2. The second-order valence-electron chi connectivity index (χ2n) is 4.52. The summed E-state index contributed by atoms with van der Waals surface area (Å²) >= 11 is 0. The molecule has 1 heterocycles. The Kier molecular flexibility index (Phi) is 4.22. The largest absolute Gasteiger partial charge is 0.399 e. The zero-order valence-corrected chi connectivity index (χ0v) is 11.8. The van der Waals surface area contributed by atoms with Crippen molar-refractivity contribution in [1.29, 1.82) is 0 Å². The molecule has 1 unspecified atom stereocenters. The number of benzene rings is 1. The summed E-state index contributed by atoms with van der Waals surface area (Å²) in [5.41, 5.74) is 7.16. The van der Waals surface area contributed by atoms with Gasteiger partial charge in [0.25, 0.3) is 5.91 Å². The third-order valence-corrected chi connectivity index (χ3v) is 3.10. The lowest BCUT2D eigenvalue weighted by molar-refractivity contribution is -0.122. The van der Waals surface area contributed by atoms with Crippen LogP contribution in [0.5, 0.6) is 0 Å². The Labute approximate surface area is 122 Å². The Hall–Kier alpha value is -2.83. The Morgan fingerprint density at radius 2 is 1.95 bits per heavy atom. The summed E-state index contributed by atoms with van der Waals surface area (Å²) in [6, 6.07) is 6.08. The first kappa shape index (κ1) is 14.6. The lowest BCUT2D eigenvalue weighted by Crippen LogP contribution is -2.40. The van der Waals surface area contributed by atoms with E-state index in [9.17, 15) is 9.59 Å². The zero-order chi connectivity index (χ0) is 15.4. The predicted octanol–water partition coefficient (Wildman–Crippen LogP) is 1.15. The van der Waals surface area contributed by atoms with Crippen molar-refractivity contribution in [3.05, 3.63) is 36.7 Å². The summed E-state index contributed by atoms with van der Waals surface area (Å²) in [6.45, 7) is 1.70. The number of nitrogens with two attached hydrogens (primary N) is 1. The smallest absolute Gasteiger partial charge is 0.321 e. The first-order valence-corrected chi connectivity index (χ1v) is 6.44. The second kappa shape index (κ2) is 6.08. The summed E-state index contributed by atoms with van der Waals surface area (Å²) in [4.78, 5) is 27.5. The van der Waals surface area contributed by atoms with Crippen LogP contribution in [0.1, 0.15) is 13.0 Å². The number of hydrogen-bond donors (Lipinski definition) is 3. The monoisotopic (exact) mass is 287 g/mol. The van der Waals surface area contributed by atoms with Gasteiger partial charge < -0.3 is 15.6 Å². The Morgan fingerprint density at radius 1 is 1.29 bits per heavy atom. The molecule has 0 aliphatic rings. The molecule has 21 heavy (non-hydrogen) atoms. The van der Waals surface area contributed by atoms with Gasteiger partial charge in [-0.25, -0.2) is 9.78 Å². The van der Waals surface area contributed by atoms with Crippen LogP contribution >= 0.6 is 0 Å². The number of anilines is 1.